The summed E-state index contributed by atoms with van der Waals surface area (Å²) in [6, 6.07) is 13.3. The van der Waals surface area contributed by atoms with Gasteiger partial charge in [-0.25, -0.2) is 0 Å². The second-order valence-electron chi connectivity index (χ2n) is 4.38. The first kappa shape index (κ1) is 13.8. The molecule has 0 atom stereocenters. The third-order valence-electron chi connectivity index (χ3n) is 3.04. The largest absolute Gasteiger partial charge is 0.496 e. The first-order valence-corrected chi connectivity index (χ1v) is 6.82. The summed E-state index contributed by atoms with van der Waals surface area (Å²) in [6.45, 7) is 2.00. The van der Waals surface area contributed by atoms with Crippen LogP contribution in [0.5, 0.6) is 5.75 Å². The molecule has 0 amide bonds. The molecule has 0 N–H and O–H groups in total. The predicted octanol–water partition coefficient (Wildman–Crippen LogP) is 4.19. The highest BCUT2D eigenvalue weighted by molar-refractivity contribution is 9.10. The Bertz CT molecular complexity index is 605. The molecule has 0 radical (unpaired) electrons. The molecule has 0 saturated carbocycles. The zero-order chi connectivity index (χ0) is 13.8. The molecule has 19 heavy (non-hydrogen) atoms. The van der Waals surface area contributed by atoms with E-state index in [4.69, 9.17) is 4.74 Å². The van der Waals surface area contributed by atoms with Crippen LogP contribution < -0.4 is 4.74 Å². The van der Waals surface area contributed by atoms with Gasteiger partial charge in [0, 0.05) is 22.0 Å². The minimum atomic E-state index is 0.0881. The Labute approximate surface area is 121 Å². The number of hydrogen-bond donors (Lipinski definition) is 0. The average molecular weight is 319 g/mol. The van der Waals surface area contributed by atoms with E-state index in [0.717, 1.165) is 21.3 Å². The molecule has 2 aromatic carbocycles. The number of Topliss-reactive ketones (excluding diaryl/α,β-unsaturated/α-hetero) is 1. The quantitative estimate of drug-likeness (QED) is 0.790. The first-order chi connectivity index (χ1) is 9.11. The van der Waals surface area contributed by atoms with E-state index < -0.39 is 0 Å². The fraction of sp³-hybridized carbons (Fsp3) is 0.188. The maximum Gasteiger partial charge on any atom is 0.167 e. The lowest BCUT2D eigenvalue weighted by Gasteiger charge is -2.08. The molecule has 0 aliphatic rings. The molecule has 0 bridgehead atoms. The van der Waals surface area contributed by atoms with Gasteiger partial charge in [0.2, 0.25) is 0 Å². The van der Waals surface area contributed by atoms with E-state index in [9.17, 15) is 4.79 Å². The number of carbonyl (C=O) groups is 1. The second kappa shape index (κ2) is 6.02. The van der Waals surface area contributed by atoms with Crippen LogP contribution >= 0.6 is 15.9 Å². The molecule has 0 saturated heterocycles. The number of halogens is 1. The van der Waals surface area contributed by atoms with Crippen LogP contribution in [0.4, 0.5) is 0 Å². The van der Waals surface area contributed by atoms with Crippen LogP contribution in [0.2, 0.25) is 0 Å². The van der Waals surface area contributed by atoms with Gasteiger partial charge in [-0.3, -0.25) is 4.79 Å². The number of ketones is 1. The highest BCUT2D eigenvalue weighted by Crippen LogP contribution is 2.22. The van der Waals surface area contributed by atoms with E-state index in [1.54, 1.807) is 7.11 Å². The van der Waals surface area contributed by atoms with E-state index in [0.29, 0.717) is 12.0 Å². The lowest BCUT2D eigenvalue weighted by Crippen LogP contribution is -2.05. The highest BCUT2D eigenvalue weighted by atomic mass is 79.9. The number of methoxy groups -OCH3 is 1. The van der Waals surface area contributed by atoms with Gasteiger partial charge in [-0.05, 0) is 24.6 Å². The normalized spacial score (nSPS) is 10.3. The molecule has 2 rings (SSSR count). The van der Waals surface area contributed by atoms with Gasteiger partial charge in [0.25, 0.3) is 0 Å². The first-order valence-electron chi connectivity index (χ1n) is 6.03. The van der Waals surface area contributed by atoms with Crippen molar-refractivity contribution < 1.29 is 9.53 Å². The van der Waals surface area contributed by atoms with Crippen LogP contribution in [0.1, 0.15) is 21.5 Å². The highest BCUT2D eigenvalue weighted by Gasteiger charge is 2.11. The number of rotatable bonds is 4. The Morgan fingerprint density at radius 1 is 1.21 bits per heavy atom. The number of ether oxygens (including phenoxy) is 1. The van der Waals surface area contributed by atoms with E-state index in [1.807, 2.05) is 49.4 Å². The van der Waals surface area contributed by atoms with Gasteiger partial charge in [0.15, 0.2) is 5.78 Å². The fourth-order valence-electron chi connectivity index (χ4n) is 1.89. The van der Waals surface area contributed by atoms with Crippen molar-refractivity contribution in [2.24, 2.45) is 0 Å². The van der Waals surface area contributed by atoms with Crippen molar-refractivity contribution >= 4 is 21.7 Å². The third-order valence-corrected chi connectivity index (χ3v) is 3.89. The monoisotopic (exact) mass is 318 g/mol. The standard InChI is InChI=1S/C16H15BrO2/c1-11-7-8-12(9-14(11)17)15(18)10-13-5-3-4-6-16(13)19-2/h3-9H,10H2,1-2H3. The molecule has 0 spiro atoms. The maximum atomic E-state index is 12.3. The summed E-state index contributed by atoms with van der Waals surface area (Å²) in [7, 11) is 1.62. The van der Waals surface area contributed by atoms with Crippen molar-refractivity contribution in [3.8, 4) is 5.75 Å². The van der Waals surface area contributed by atoms with Gasteiger partial charge in [-0.1, -0.05) is 46.3 Å². The summed E-state index contributed by atoms with van der Waals surface area (Å²) in [5.41, 5.74) is 2.74. The van der Waals surface area contributed by atoms with Crippen LogP contribution in [0.3, 0.4) is 0 Å². The average Bonchev–Trinajstić information content (AvgIpc) is 2.42. The molecule has 0 aliphatic carbocycles. The smallest absolute Gasteiger partial charge is 0.167 e. The van der Waals surface area contributed by atoms with Crippen molar-refractivity contribution in [1.29, 1.82) is 0 Å². The summed E-state index contributed by atoms with van der Waals surface area (Å²) >= 11 is 3.45. The molecule has 0 heterocycles. The van der Waals surface area contributed by atoms with Gasteiger partial charge in [0.1, 0.15) is 5.75 Å². The van der Waals surface area contributed by atoms with Gasteiger partial charge in [-0.2, -0.15) is 0 Å². The number of para-hydroxylation sites is 1. The van der Waals surface area contributed by atoms with Crippen molar-refractivity contribution in [2.45, 2.75) is 13.3 Å². The molecule has 0 aromatic heterocycles. The zero-order valence-electron chi connectivity index (χ0n) is 10.9. The van der Waals surface area contributed by atoms with Crippen molar-refractivity contribution in [3.05, 3.63) is 63.6 Å². The molecule has 0 aliphatic heterocycles. The van der Waals surface area contributed by atoms with E-state index in [2.05, 4.69) is 15.9 Å². The van der Waals surface area contributed by atoms with Gasteiger partial charge < -0.3 is 4.74 Å². The summed E-state index contributed by atoms with van der Waals surface area (Å²) in [4.78, 5) is 12.3. The fourth-order valence-corrected chi connectivity index (χ4v) is 2.27. The Hall–Kier alpha value is -1.61. The SMILES string of the molecule is COc1ccccc1CC(=O)c1ccc(C)c(Br)c1. The van der Waals surface area contributed by atoms with Gasteiger partial charge in [-0.15, -0.1) is 0 Å². The predicted molar refractivity (Wildman–Crippen MR) is 79.9 cm³/mol. The molecular weight excluding hydrogens is 304 g/mol. The van der Waals surface area contributed by atoms with Gasteiger partial charge >= 0.3 is 0 Å². The molecule has 2 nitrogen and oxygen atoms in total. The Morgan fingerprint density at radius 2 is 1.95 bits per heavy atom. The van der Waals surface area contributed by atoms with Crippen LogP contribution in [0, 0.1) is 6.92 Å². The van der Waals surface area contributed by atoms with Gasteiger partial charge in [0.05, 0.1) is 7.11 Å². The van der Waals surface area contributed by atoms with Crippen molar-refractivity contribution in [3.63, 3.8) is 0 Å². The van der Waals surface area contributed by atoms with E-state index in [-0.39, 0.29) is 5.78 Å². The summed E-state index contributed by atoms with van der Waals surface area (Å²) in [6.07, 6.45) is 0.347. The zero-order valence-corrected chi connectivity index (χ0v) is 12.5. The third kappa shape index (κ3) is 3.24. The second-order valence-corrected chi connectivity index (χ2v) is 5.23. The molecule has 2 aromatic rings. The van der Waals surface area contributed by atoms with Crippen molar-refractivity contribution in [1.82, 2.24) is 0 Å². The lowest BCUT2D eigenvalue weighted by atomic mass is 10.0. The van der Waals surface area contributed by atoms with Crippen LogP contribution in [-0.2, 0) is 6.42 Å². The molecule has 0 unspecified atom stereocenters. The Kier molecular flexibility index (Phi) is 4.38. The van der Waals surface area contributed by atoms with Crippen LogP contribution in [0.15, 0.2) is 46.9 Å². The molecule has 98 valence electrons. The molecule has 3 heteroatoms. The molecular formula is C16H15BrO2. The van der Waals surface area contributed by atoms with Crippen LogP contribution in [-0.4, -0.2) is 12.9 Å². The lowest BCUT2D eigenvalue weighted by molar-refractivity contribution is 0.0992. The summed E-state index contributed by atoms with van der Waals surface area (Å²) < 4.78 is 6.22. The number of aryl methyl sites for hydroxylation is 1. The van der Waals surface area contributed by atoms with E-state index >= 15 is 0 Å². The molecule has 0 fully saturated rings. The Balaban J connectivity index is 2.23. The topological polar surface area (TPSA) is 26.3 Å². The maximum absolute atomic E-state index is 12.3. The summed E-state index contributed by atoms with van der Waals surface area (Å²) in [5, 5.41) is 0. The number of benzene rings is 2. The minimum Gasteiger partial charge on any atom is -0.496 e. The van der Waals surface area contributed by atoms with E-state index in [1.165, 1.54) is 0 Å². The Morgan fingerprint density at radius 3 is 2.63 bits per heavy atom. The summed E-state index contributed by atoms with van der Waals surface area (Å²) in [5.74, 6) is 0.840. The minimum absolute atomic E-state index is 0.0881. The number of hydrogen-bond acceptors (Lipinski definition) is 2. The van der Waals surface area contributed by atoms with Crippen LogP contribution in [0.25, 0.3) is 0 Å². The number of carbonyl (C=O) groups excluding carboxylic acids is 1. The van der Waals surface area contributed by atoms with Crippen molar-refractivity contribution in [2.75, 3.05) is 7.11 Å².